The summed E-state index contributed by atoms with van der Waals surface area (Å²) in [6, 6.07) is 14.3. The van der Waals surface area contributed by atoms with Crippen LogP contribution in [0.25, 0.3) is 17.3 Å². The van der Waals surface area contributed by atoms with Gasteiger partial charge in [0.05, 0.1) is 25.6 Å². The van der Waals surface area contributed by atoms with Crippen LogP contribution in [0, 0.1) is 0 Å². The molecule has 0 saturated carbocycles. The minimum absolute atomic E-state index is 0.162. The molecular formula is C20H17ClN2O3. The van der Waals surface area contributed by atoms with Crippen molar-refractivity contribution >= 4 is 23.5 Å². The number of carbonyl (C=O) groups excluding carboxylic acids is 1. The first kappa shape index (κ1) is 17.8. The molecule has 5 nitrogen and oxygen atoms in total. The van der Waals surface area contributed by atoms with E-state index >= 15 is 0 Å². The maximum atomic E-state index is 12.4. The van der Waals surface area contributed by atoms with Gasteiger partial charge >= 0.3 is 0 Å². The molecular weight excluding hydrogens is 352 g/mol. The first-order valence-electron chi connectivity index (χ1n) is 7.86. The van der Waals surface area contributed by atoms with Gasteiger partial charge in [-0.1, -0.05) is 23.7 Å². The van der Waals surface area contributed by atoms with E-state index in [-0.39, 0.29) is 5.78 Å². The van der Waals surface area contributed by atoms with E-state index in [0.29, 0.717) is 22.1 Å². The topological polar surface area (TPSA) is 64.2 Å². The molecule has 2 aromatic carbocycles. The molecule has 0 aliphatic carbocycles. The fourth-order valence-corrected chi connectivity index (χ4v) is 2.53. The van der Waals surface area contributed by atoms with Gasteiger partial charge < -0.3 is 9.47 Å². The number of halogens is 1. The number of H-pyrrole nitrogens is 1. The molecule has 0 bridgehead atoms. The molecule has 1 heterocycles. The van der Waals surface area contributed by atoms with E-state index in [2.05, 4.69) is 10.2 Å². The second-order valence-corrected chi connectivity index (χ2v) is 5.95. The minimum Gasteiger partial charge on any atom is -0.497 e. The third-order valence-electron chi connectivity index (χ3n) is 3.79. The summed E-state index contributed by atoms with van der Waals surface area (Å²) in [6.07, 6.45) is 3.16. The summed E-state index contributed by atoms with van der Waals surface area (Å²) in [7, 11) is 3.09. The molecule has 132 valence electrons. The van der Waals surface area contributed by atoms with Crippen molar-refractivity contribution < 1.29 is 14.3 Å². The number of hydrogen-bond donors (Lipinski definition) is 1. The van der Waals surface area contributed by atoms with Gasteiger partial charge in [-0.2, -0.15) is 5.10 Å². The van der Waals surface area contributed by atoms with Gasteiger partial charge in [-0.05, 0) is 42.5 Å². The lowest BCUT2D eigenvalue weighted by Gasteiger charge is -2.06. The van der Waals surface area contributed by atoms with Crippen molar-refractivity contribution in [1.82, 2.24) is 10.2 Å². The SMILES string of the molecule is COc1cc(OC)cc(C(=O)/C=C/c2cc(-c3ccc(Cl)cc3)n[nH]2)c1. The van der Waals surface area contributed by atoms with Crippen molar-refractivity contribution in [3.8, 4) is 22.8 Å². The lowest BCUT2D eigenvalue weighted by molar-refractivity contribution is 0.104. The van der Waals surface area contributed by atoms with Crippen LogP contribution in [0.1, 0.15) is 16.1 Å². The molecule has 6 heteroatoms. The zero-order valence-corrected chi connectivity index (χ0v) is 15.1. The Balaban J connectivity index is 1.78. The van der Waals surface area contributed by atoms with Crippen molar-refractivity contribution in [3.63, 3.8) is 0 Å². The van der Waals surface area contributed by atoms with Gasteiger partial charge in [0.15, 0.2) is 5.78 Å². The predicted octanol–water partition coefficient (Wildman–Crippen LogP) is 4.64. The lowest BCUT2D eigenvalue weighted by Crippen LogP contribution is -1.97. The van der Waals surface area contributed by atoms with E-state index in [4.69, 9.17) is 21.1 Å². The maximum Gasteiger partial charge on any atom is 0.186 e. The van der Waals surface area contributed by atoms with Gasteiger partial charge in [0.25, 0.3) is 0 Å². The molecule has 3 aromatic rings. The molecule has 26 heavy (non-hydrogen) atoms. The summed E-state index contributed by atoms with van der Waals surface area (Å²) in [5.41, 5.74) is 2.92. The van der Waals surface area contributed by atoms with Crippen LogP contribution >= 0.6 is 11.6 Å². The summed E-state index contributed by atoms with van der Waals surface area (Å²) < 4.78 is 10.4. The van der Waals surface area contributed by atoms with Gasteiger partial charge in [-0.3, -0.25) is 9.89 Å². The van der Waals surface area contributed by atoms with Crippen LogP contribution in [0.2, 0.25) is 5.02 Å². The third kappa shape index (κ3) is 4.13. The van der Waals surface area contributed by atoms with Crippen LogP contribution in [0.15, 0.2) is 54.6 Å². The van der Waals surface area contributed by atoms with Crippen LogP contribution in [0.3, 0.4) is 0 Å². The Kier molecular flexibility index (Phi) is 5.39. The molecule has 0 fully saturated rings. The average Bonchev–Trinajstić information content (AvgIpc) is 3.15. The molecule has 0 spiro atoms. The Hall–Kier alpha value is -3.05. The largest absolute Gasteiger partial charge is 0.497 e. The van der Waals surface area contributed by atoms with E-state index in [1.165, 1.54) is 6.08 Å². The van der Waals surface area contributed by atoms with Gasteiger partial charge in [-0.25, -0.2) is 0 Å². The molecule has 0 atom stereocenters. The zero-order chi connectivity index (χ0) is 18.5. The Morgan fingerprint density at radius 1 is 1.04 bits per heavy atom. The molecule has 3 rings (SSSR count). The summed E-state index contributed by atoms with van der Waals surface area (Å²) in [4.78, 5) is 12.4. The summed E-state index contributed by atoms with van der Waals surface area (Å²) in [5, 5.41) is 7.82. The normalized spacial score (nSPS) is 10.9. The van der Waals surface area contributed by atoms with E-state index in [1.807, 2.05) is 18.2 Å². The highest BCUT2D eigenvalue weighted by Crippen LogP contribution is 2.24. The van der Waals surface area contributed by atoms with Crippen molar-refractivity contribution in [2.24, 2.45) is 0 Å². The third-order valence-corrected chi connectivity index (χ3v) is 4.04. The quantitative estimate of drug-likeness (QED) is 0.508. The first-order valence-corrected chi connectivity index (χ1v) is 8.23. The van der Waals surface area contributed by atoms with E-state index in [9.17, 15) is 4.79 Å². The van der Waals surface area contributed by atoms with Gasteiger partial charge in [0.2, 0.25) is 0 Å². The van der Waals surface area contributed by atoms with Crippen molar-refractivity contribution in [1.29, 1.82) is 0 Å². The molecule has 0 aliphatic rings. The molecule has 1 N–H and O–H groups in total. The second kappa shape index (κ2) is 7.89. The number of nitrogens with one attached hydrogen (secondary N) is 1. The number of aromatic nitrogens is 2. The van der Waals surface area contributed by atoms with E-state index < -0.39 is 0 Å². The molecule has 0 radical (unpaired) electrons. The Labute approximate surface area is 156 Å². The Bertz CT molecular complexity index is 924. The first-order chi connectivity index (χ1) is 12.6. The fraction of sp³-hybridized carbons (Fsp3) is 0.100. The molecule has 0 unspecified atom stereocenters. The van der Waals surface area contributed by atoms with Crippen LogP contribution < -0.4 is 9.47 Å². The summed E-state index contributed by atoms with van der Waals surface area (Å²) in [6.45, 7) is 0. The molecule has 1 aromatic heterocycles. The highest BCUT2D eigenvalue weighted by Gasteiger charge is 2.08. The highest BCUT2D eigenvalue weighted by molar-refractivity contribution is 6.30. The smallest absolute Gasteiger partial charge is 0.186 e. The number of benzene rings is 2. The minimum atomic E-state index is -0.162. The average molecular weight is 369 g/mol. The van der Waals surface area contributed by atoms with Crippen molar-refractivity contribution in [3.05, 3.63) is 70.9 Å². The van der Waals surface area contributed by atoms with Crippen molar-refractivity contribution in [2.45, 2.75) is 0 Å². The maximum absolute atomic E-state index is 12.4. The number of aromatic amines is 1. The number of rotatable bonds is 6. The number of ether oxygens (including phenoxy) is 2. The van der Waals surface area contributed by atoms with Crippen LogP contribution in [-0.2, 0) is 0 Å². The number of ketones is 1. The van der Waals surface area contributed by atoms with Crippen LogP contribution in [0.5, 0.6) is 11.5 Å². The van der Waals surface area contributed by atoms with Crippen LogP contribution in [-0.4, -0.2) is 30.2 Å². The van der Waals surface area contributed by atoms with E-state index in [1.54, 1.807) is 50.6 Å². The molecule has 0 aliphatic heterocycles. The number of allylic oxidation sites excluding steroid dienone is 1. The fourth-order valence-electron chi connectivity index (χ4n) is 2.40. The van der Waals surface area contributed by atoms with Crippen LogP contribution in [0.4, 0.5) is 0 Å². The monoisotopic (exact) mass is 368 g/mol. The standard InChI is InChI=1S/C20H17ClN2O3/c1-25-17-9-14(10-18(12-17)26-2)20(24)8-7-16-11-19(23-22-16)13-3-5-15(21)6-4-13/h3-12H,1-2H3,(H,22,23)/b8-7+. The zero-order valence-electron chi connectivity index (χ0n) is 14.3. The number of nitrogens with zero attached hydrogens (tertiary/aromatic N) is 1. The Morgan fingerprint density at radius 3 is 2.31 bits per heavy atom. The predicted molar refractivity (Wildman–Crippen MR) is 102 cm³/mol. The number of carbonyl (C=O) groups is 1. The van der Waals surface area contributed by atoms with Gasteiger partial charge in [0.1, 0.15) is 11.5 Å². The van der Waals surface area contributed by atoms with Gasteiger partial charge in [0, 0.05) is 22.2 Å². The lowest BCUT2D eigenvalue weighted by atomic mass is 10.1. The number of methoxy groups -OCH3 is 2. The summed E-state index contributed by atoms with van der Waals surface area (Å²) in [5.74, 6) is 0.963. The highest BCUT2D eigenvalue weighted by atomic mass is 35.5. The molecule has 0 saturated heterocycles. The second-order valence-electron chi connectivity index (χ2n) is 5.51. The Morgan fingerprint density at radius 2 is 1.69 bits per heavy atom. The molecule has 0 amide bonds. The van der Waals surface area contributed by atoms with Crippen molar-refractivity contribution in [2.75, 3.05) is 14.2 Å². The number of hydrogen-bond acceptors (Lipinski definition) is 4. The van der Waals surface area contributed by atoms with Gasteiger partial charge in [-0.15, -0.1) is 0 Å². The van der Waals surface area contributed by atoms with E-state index in [0.717, 1.165) is 17.0 Å². The summed E-state index contributed by atoms with van der Waals surface area (Å²) >= 11 is 5.90.